The van der Waals surface area contributed by atoms with E-state index in [0.717, 1.165) is 52.5 Å². The molecule has 0 atom stereocenters. The maximum absolute atomic E-state index is 13.6. The van der Waals surface area contributed by atoms with Crippen LogP contribution in [0, 0.1) is 0 Å². The van der Waals surface area contributed by atoms with Gasteiger partial charge in [-0.05, 0) is 31.7 Å². The van der Waals surface area contributed by atoms with Gasteiger partial charge in [-0.2, -0.15) is 0 Å². The van der Waals surface area contributed by atoms with E-state index in [0.29, 0.717) is 6.61 Å². The largest absolute Gasteiger partial charge is 0.458 e. The number of fused-ring (bicyclic) bond motifs is 2. The fourth-order valence-electron chi connectivity index (χ4n) is 3.61. The lowest BCUT2D eigenvalue weighted by Crippen LogP contribution is -2.47. The number of hydrogen-bond acceptors (Lipinski definition) is 4. The molecule has 0 aromatic heterocycles. The molecule has 1 aliphatic rings. The van der Waals surface area contributed by atoms with Gasteiger partial charge in [0.05, 0.1) is 20.1 Å². The molecule has 0 aliphatic carbocycles. The van der Waals surface area contributed by atoms with E-state index >= 15 is 0 Å². The molecule has 0 fully saturated rings. The zero-order valence-electron chi connectivity index (χ0n) is 17.2. The molecule has 2 aromatic carbocycles. The highest BCUT2D eigenvalue weighted by Crippen LogP contribution is 2.54. The highest BCUT2D eigenvalue weighted by Gasteiger charge is 2.50. The topological polar surface area (TPSA) is 35.5 Å². The molecule has 5 heteroatoms. The third-order valence-electron chi connectivity index (χ3n) is 5.79. The molecule has 0 saturated carbocycles. The number of carbonyl (C=O) groups is 1. The lowest BCUT2D eigenvalue weighted by molar-refractivity contribution is -0.906. The first-order valence-electron chi connectivity index (χ1n) is 10.0. The van der Waals surface area contributed by atoms with Crippen molar-refractivity contribution < 1.29 is 18.8 Å². The van der Waals surface area contributed by atoms with Crippen LogP contribution in [0.5, 0.6) is 11.5 Å². The van der Waals surface area contributed by atoms with Crippen molar-refractivity contribution in [3.8, 4) is 11.5 Å². The Hall–Kier alpha value is -1.98. The summed E-state index contributed by atoms with van der Waals surface area (Å²) in [7, 11) is 2.20. The van der Waals surface area contributed by atoms with Gasteiger partial charge in [0, 0.05) is 11.1 Å². The summed E-state index contributed by atoms with van der Waals surface area (Å²) in [5, 5.41) is 0. The molecule has 0 spiro atoms. The van der Waals surface area contributed by atoms with Crippen LogP contribution in [0.3, 0.4) is 0 Å². The maximum atomic E-state index is 13.6. The summed E-state index contributed by atoms with van der Waals surface area (Å²) >= 11 is 1.60. The van der Waals surface area contributed by atoms with Gasteiger partial charge in [-0.25, -0.2) is 4.79 Å². The van der Waals surface area contributed by atoms with Gasteiger partial charge in [0.15, 0.2) is 4.75 Å². The van der Waals surface area contributed by atoms with Gasteiger partial charge in [-0.15, -0.1) is 11.8 Å². The number of ether oxygens (including phenoxy) is 2. The third-order valence-corrected chi connectivity index (χ3v) is 7.12. The predicted molar refractivity (Wildman–Crippen MR) is 115 cm³/mol. The summed E-state index contributed by atoms with van der Waals surface area (Å²) in [5.74, 6) is 2.03. The lowest BCUT2D eigenvalue weighted by atomic mass is 9.87. The Bertz CT molecular complexity index is 787. The minimum absolute atomic E-state index is 0.207. The van der Waals surface area contributed by atoms with E-state index in [1.54, 1.807) is 11.8 Å². The van der Waals surface area contributed by atoms with Crippen LogP contribution in [-0.4, -0.2) is 49.5 Å². The molecule has 28 heavy (non-hydrogen) atoms. The molecule has 1 heterocycles. The molecular weight excluding hydrogens is 370 g/mol. The molecule has 0 unspecified atom stereocenters. The van der Waals surface area contributed by atoms with E-state index in [9.17, 15) is 4.79 Å². The van der Waals surface area contributed by atoms with Crippen LogP contribution in [0.15, 0.2) is 48.5 Å². The number of carbonyl (C=O) groups excluding carboxylic acids is 1. The van der Waals surface area contributed by atoms with Gasteiger partial charge in [0.25, 0.3) is 0 Å². The molecule has 150 valence electrons. The number of esters is 1. The predicted octanol–water partition coefficient (Wildman–Crippen LogP) is 4.82. The van der Waals surface area contributed by atoms with Crippen LogP contribution in [0.1, 0.15) is 31.9 Å². The minimum Gasteiger partial charge on any atom is -0.458 e. The number of hydrogen-bond donors (Lipinski definition) is 0. The van der Waals surface area contributed by atoms with Gasteiger partial charge in [0.1, 0.15) is 24.7 Å². The smallest absolute Gasteiger partial charge is 0.331 e. The van der Waals surface area contributed by atoms with Crippen molar-refractivity contribution in [1.29, 1.82) is 0 Å². The monoisotopic (exact) mass is 400 g/mol. The van der Waals surface area contributed by atoms with Crippen LogP contribution in [0.2, 0.25) is 0 Å². The van der Waals surface area contributed by atoms with Crippen LogP contribution in [0.4, 0.5) is 0 Å². The normalized spacial score (nSPS) is 14.6. The molecular formula is C23H30NO3S+. The summed E-state index contributed by atoms with van der Waals surface area (Å²) in [5.41, 5.74) is 1.74. The average Bonchev–Trinajstić information content (AvgIpc) is 2.73. The maximum Gasteiger partial charge on any atom is 0.331 e. The van der Waals surface area contributed by atoms with Gasteiger partial charge in [-0.1, -0.05) is 43.3 Å². The van der Waals surface area contributed by atoms with Crippen molar-refractivity contribution in [3.63, 3.8) is 0 Å². The van der Waals surface area contributed by atoms with Crippen molar-refractivity contribution in [1.82, 2.24) is 0 Å². The number of quaternary nitrogens is 1. The van der Waals surface area contributed by atoms with E-state index in [1.807, 2.05) is 48.5 Å². The van der Waals surface area contributed by atoms with Crippen molar-refractivity contribution in [2.45, 2.75) is 25.5 Å². The minimum atomic E-state index is -0.901. The summed E-state index contributed by atoms with van der Waals surface area (Å²) < 4.78 is 12.0. The van der Waals surface area contributed by atoms with Gasteiger partial charge < -0.3 is 14.0 Å². The van der Waals surface area contributed by atoms with Gasteiger partial charge in [-0.3, -0.25) is 0 Å². The van der Waals surface area contributed by atoms with E-state index in [1.165, 1.54) is 0 Å². The van der Waals surface area contributed by atoms with Crippen molar-refractivity contribution >= 4 is 17.7 Å². The number of nitrogens with zero attached hydrogens (tertiary/aromatic N) is 1. The average molecular weight is 401 g/mol. The first-order chi connectivity index (χ1) is 13.5. The second-order valence-corrected chi connectivity index (χ2v) is 8.80. The first-order valence-corrected chi connectivity index (χ1v) is 11.0. The molecule has 1 aliphatic heterocycles. The van der Waals surface area contributed by atoms with Gasteiger partial charge in [0.2, 0.25) is 0 Å². The summed E-state index contributed by atoms with van der Waals surface area (Å²) in [6.45, 7) is 9.67. The zero-order chi connectivity index (χ0) is 20.2. The molecule has 0 bridgehead atoms. The van der Waals surface area contributed by atoms with Crippen molar-refractivity contribution in [2.24, 2.45) is 0 Å². The molecule has 0 saturated heterocycles. The summed E-state index contributed by atoms with van der Waals surface area (Å²) in [6, 6.07) is 15.6. The van der Waals surface area contributed by atoms with E-state index < -0.39 is 4.75 Å². The van der Waals surface area contributed by atoms with E-state index in [4.69, 9.17) is 9.47 Å². The van der Waals surface area contributed by atoms with E-state index in [2.05, 4.69) is 27.8 Å². The Kier molecular flexibility index (Phi) is 6.36. The molecule has 4 nitrogen and oxygen atoms in total. The Labute approximate surface area is 172 Å². The van der Waals surface area contributed by atoms with Crippen LogP contribution in [0.25, 0.3) is 0 Å². The lowest BCUT2D eigenvalue weighted by Gasteiger charge is -2.38. The fraction of sp³-hybridized carbons (Fsp3) is 0.435. The highest BCUT2D eigenvalue weighted by molar-refractivity contribution is 8.01. The first kappa shape index (κ1) is 20.7. The van der Waals surface area contributed by atoms with E-state index in [-0.39, 0.29) is 5.97 Å². The SMILES string of the molecule is CCSC1(C(=O)OCC[N+](C)(CC)CC)c2ccccc2Oc2ccccc21. The summed E-state index contributed by atoms with van der Waals surface area (Å²) in [4.78, 5) is 13.6. The molecule has 0 N–H and O–H groups in total. The Morgan fingerprint density at radius 3 is 2.04 bits per heavy atom. The summed E-state index contributed by atoms with van der Waals surface area (Å²) in [6.07, 6.45) is 0. The fourth-order valence-corrected chi connectivity index (χ4v) is 4.87. The second kappa shape index (κ2) is 8.58. The standard InChI is InChI=1S/C23H30NO3S/c1-5-24(4,6-2)16-17-26-22(25)23(28-7-3)18-12-8-10-14-20(18)27-21-15-11-9-13-19(21)23/h8-15H,5-7,16-17H2,1-4H3/q+1. The number of benzene rings is 2. The Balaban J connectivity index is 1.98. The third kappa shape index (κ3) is 3.65. The molecule has 0 radical (unpaired) electrons. The zero-order valence-corrected chi connectivity index (χ0v) is 18.1. The second-order valence-electron chi connectivity index (χ2n) is 7.32. The van der Waals surface area contributed by atoms with Crippen LogP contribution < -0.4 is 4.74 Å². The Morgan fingerprint density at radius 1 is 1.00 bits per heavy atom. The van der Waals surface area contributed by atoms with Crippen molar-refractivity contribution in [3.05, 3.63) is 59.7 Å². The van der Waals surface area contributed by atoms with Gasteiger partial charge >= 0.3 is 5.97 Å². The molecule has 2 aromatic rings. The molecule has 0 amide bonds. The molecule has 3 rings (SSSR count). The number of thioether (sulfide) groups is 1. The number of likely N-dealkylation sites (N-methyl/N-ethyl adjacent to an activating group) is 1. The quantitative estimate of drug-likeness (QED) is 0.470. The van der Waals surface area contributed by atoms with Crippen LogP contribution >= 0.6 is 11.8 Å². The Morgan fingerprint density at radius 2 is 1.54 bits per heavy atom. The van der Waals surface area contributed by atoms with Crippen LogP contribution in [-0.2, 0) is 14.3 Å². The number of para-hydroxylation sites is 2. The highest BCUT2D eigenvalue weighted by atomic mass is 32.2. The number of rotatable bonds is 8. The van der Waals surface area contributed by atoms with Crippen molar-refractivity contribution in [2.75, 3.05) is 39.0 Å².